The van der Waals surface area contributed by atoms with Crippen molar-refractivity contribution in [3.8, 4) is 0 Å². The molecule has 0 bridgehead atoms. The van der Waals surface area contributed by atoms with Crippen LogP contribution in [0.3, 0.4) is 0 Å². The minimum Gasteiger partial charge on any atom is -0.396 e. The molecule has 1 aromatic rings. The molecule has 1 fully saturated rings. The summed E-state index contributed by atoms with van der Waals surface area (Å²) in [6.45, 7) is 2.46. The van der Waals surface area contributed by atoms with Crippen LogP contribution < -0.4 is 4.72 Å². The van der Waals surface area contributed by atoms with Gasteiger partial charge in [-0.1, -0.05) is 5.16 Å². The zero-order chi connectivity index (χ0) is 13.9. The Labute approximate surface area is 112 Å². The topological polar surface area (TPSA) is 109 Å². The predicted octanol–water partition coefficient (Wildman–Crippen LogP) is -0.583. The van der Waals surface area contributed by atoms with E-state index in [1.807, 2.05) is 0 Å². The zero-order valence-corrected chi connectivity index (χ0v) is 11.6. The van der Waals surface area contributed by atoms with Crippen molar-refractivity contribution < 1.29 is 18.0 Å². The molecular formula is C10H18N4O4S. The molecule has 0 radical (unpaired) electrons. The highest BCUT2D eigenvalue weighted by molar-refractivity contribution is 7.87. The lowest BCUT2D eigenvalue weighted by Crippen LogP contribution is -2.46. The highest BCUT2D eigenvalue weighted by Crippen LogP contribution is 2.17. The number of hydrogen-bond acceptors (Lipinski definition) is 6. The zero-order valence-electron chi connectivity index (χ0n) is 10.7. The van der Waals surface area contributed by atoms with Gasteiger partial charge in [0.05, 0.1) is 6.54 Å². The van der Waals surface area contributed by atoms with Crippen LogP contribution in [-0.2, 0) is 16.8 Å². The van der Waals surface area contributed by atoms with Crippen LogP contribution in [-0.4, -0.2) is 47.7 Å². The molecule has 8 nitrogen and oxygen atoms in total. The van der Waals surface area contributed by atoms with Crippen LogP contribution in [0.25, 0.3) is 0 Å². The van der Waals surface area contributed by atoms with Gasteiger partial charge in [0.2, 0.25) is 5.89 Å². The molecular weight excluding hydrogens is 272 g/mol. The van der Waals surface area contributed by atoms with E-state index in [1.54, 1.807) is 6.92 Å². The van der Waals surface area contributed by atoms with Crippen molar-refractivity contribution >= 4 is 10.2 Å². The second-order valence-corrected chi connectivity index (χ2v) is 6.36. The van der Waals surface area contributed by atoms with Gasteiger partial charge in [0.1, 0.15) is 0 Å². The molecule has 2 heterocycles. The molecule has 19 heavy (non-hydrogen) atoms. The molecule has 0 aromatic carbocycles. The van der Waals surface area contributed by atoms with Crippen LogP contribution >= 0.6 is 0 Å². The number of aliphatic hydroxyl groups excluding tert-OH is 1. The van der Waals surface area contributed by atoms with Gasteiger partial charge < -0.3 is 9.63 Å². The van der Waals surface area contributed by atoms with Crippen molar-refractivity contribution in [2.75, 3.05) is 19.7 Å². The third-order valence-corrected chi connectivity index (χ3v) is 4.58. The van der Waals surface area contributed by atoms with Gasteiger partial charge >= 0.3 is 0 Å². The number of piperidine rings is 1. The molecule has 1 aromatic heterocycles. The van der Waals surface area contributed by atoms with Gasteiger partial charge in [-0.05, 0) is 18.8 Å². The fourth-order valence-electron chi connectivity index (χ4n) is 2.05. The van der Waals surface area contributed by atoms with Crippen LogP contribution in [0.15, 0.2) is 4.52 Å². The smallest absolute Gasteiger partial charge is 0.279 e. The maximum Gasteiger partial charge on any atom is 0.279 e. The number of rotatable bonds is 5. The van der Waals surface area contributed by atoms with Crippen molar-refractivity contribution in [1.82, 2.24) is 19.2 Å². The SMILES string of the molecule is Cc1nc(CNS(=O)(=O)N2CCCC(CO)C2)no1. The first-order valence-electron chi connectivity index (χ1n) is 6.16. The van der Waals surface area contributed by atoms with E-state index in [9.17, 15) is 8.42 Å². The molecule has 0 amide bonds. The molecule has 2 rings (SSSR count). The highest BCUT2D eigenvalue weighted by atomic mass is 32.2. The summed E-state index contributed by atoms with van der Waals surface area (Å²) in [5, 5.41) is 12.7. The lowest BCUT2D eigenvalue weighted by atomic mass is 10.0. The van der Waals surface area contributed by atoms with E-state index in [4.69, 9.17) is 9.63 Å². The Bertz CT molecular complexity index is 515. The maximum absolute atomic E-state index is 12.1. The summed E-state index contributed by atoms with van der Waals surface area (Å²) in [4.78, 5) is 3.93. The molecule has 1 atom stereocenters. The standard InChI is InChI=1S/C10H18N4O4S/c1-8-12-10(13-18-8)5-11-19(16,17)14-4-2-3-9(6-14)7-15/h9,11,15H,2-7H2,1H3. The number of nitrogens with one attached hydrogen (secondary N) is 1. The van der Waals surface area contributed by atoms with E-state index >= 15 is 0 Å². The molecule has 0 saturated carbocycles. The summed E-state index contributed by atoms with van der Waals surface area (Å²) >= 11 is 0. The van der Waals surface area contributed by atoms with Crippen LogP contribution in [0, 0.1) is 12.8 Å². The summed E-state index contributed by atoms with van der Waals surface area (Å²) < 4.78 is 32.7. The van der Waals surface area contributed by atoms with Crippen molar-refractivity contribution in [2.45, 2.75) is 26.3 Å². The average Bonchev–Trinajstić information content (AvgIpc) is 2.82. The summed E-state index contributed by atoms with van der Waals surface area (Å²) in [6.07, 6.45) is 1.61. The molecule has 0 spiro atoms. The van der Waals surface area contributed by atoms with E-state index in [2.05, 4.69) is 14.9 Å². The minimum absolute atomic E-state index is 0.0000347. The van der Waals surface area contributed by atoms with Crippen molar-refractivity contribution in [1.29, 1.82) is 0 Å². The minimum atomic E-state index is -3.56. The Balaban J connectivity index is 1.94. The maximum atomic E-state index is 12.1. The number of aromatic nitrogens is 2. The van der Waals surface area contributed by atoms with Crippen LogP contribution in [0.5, 0.6) is 0 Å². The number of aryl methyl sites for hydroxylation is 1. The van der Waals surface area contributed by atoms with Gasteiger partial charge in [-0.25, -0.2) is 0 Å². The second-order valence-electron chi connectivity index (χ2n) is 4.60. The summed E-state index contributed by atoms with van der Waals surface area (Å²) in [5.74, 6) is 0.710. The Morgan fingerprint density at radius 2 is 2.37 bits per heavy atom. The normalized spacial score (nSPS) is 21.7. The first kappa shape index (κ1) is 14.4. The summed E-state index contributed by atoms with van der Waals surface area (Å²) in [7, 11) is -3.56. The lowest BCUT2D eigenvalue weighted by molar-refractivity contribution is 0.164. The number of nitrogens with zero attached hydrogens (tertiary/aromatic N) is 3. The number of hydrogen-bond donors (Lipinski definition) is 2. The van der Waals surface area contributed by atoms with Gasteiger partial charge in [0, 0.05) is 26.6 Å². The van der Waals surface area contributed by atoms with Crippen molar-refractivity contribution in [3.63, 3.8) is 0 Å². The van der Waals surface area contributed by atoms with E-state index in [0.29, 0.717) is 24.8 Å². The molecule has 1 unspecified atom stereocenters. The predicted molar refractivity (Wildman–Crippen MR) is 66.2 cm³/mol. The van der Waals surface area contributed by atoms with Gasteiger partial charge in [0.15, 0.2) is 5.82 Å². The Morgan fingerprint density at radius 3 is 3.00 bits per heavy atom. The van der Waals surface area contributed by atoms with Crippen molar-refractivity contribution in [2.24, 2.45) is 5.92 Å². The lowest BCUT2D eigenvalue weighted by Gasteiger charge is -2.30. The fraction of sp³-hybridized carbons (Fsp3) is 0.800. The monoisotopic (exact) mass is 290 g/mol. The van der Waals surface area contributed by atoms with E-state index in [-0.39, 0.29) is 19.1 Å². The molecule has 1 aliphatic heterocycles. The van der Waals surface area contributed by atoms with Crippen molar-refractivity contribution in [3.05, 3.63) is 11.7 Å². The molecule has 1 aliphatic rings. The Morgan fingerprint density at radius 1 is 1.58 bits per heavy atom. The Hall–Kier alpha value is -1.03. The van der Waals surface area contributed by atoms with Crippen LogP contribution in [0.4, 0.5) is 0 Å². The largest absolute Gasteiger partial charge is 0.396 e. The fourth-order valence-corrected chi connectivity index (χ4v) is 3.32. The first-order chi connectivity index (χ1) is 9.01. The number of aliphatic hydroxyl groups is 1. The van der Waals surface area contributed by atoms with E-state index in [0.717, 1.165) is 12.8 Å². The summed E-state index contributed by atoms with van der Waals surface area (Å²) in [6, 6.07) is 0. The van der Waals surface area contributed by atoms with Gasteiger partial charge in [0.25, 0.3) is 10.2 Å². The van der Waals surface area contributed by atoms with Crippen LogP contribution in [0.1, 0.15) is 24.6 Å². The third kappa shape index (κ3) is 3.72. The molecule has 1 saturated heterocycles. The first-order valence-corrected chi connectivity index (χ1v) is 7.60. The second kappa shape index (κ2) is 5.95. The van der Waals surface area contributed by atoms with E-state index in [1.165, 1.54) is 4.31 Å². The van der Waals surface area contributed by atoms with Crippen LogP contribution in [0.2, 0.25) is 0 Å². The average molecular weight is 290 g/mol. The molecule has 0 aliphatic carbocycles. The Kier molecular flexibility index (Phi) is 4.50. The summed E-state index contributed by atoms with van der Waals surface area (Å²) in [5.41, 5.74) is 0. The van der Waals surface area contributed by atoms with E-state index < -0.39 is 10.2 Å². The van der Waals surface area contributed by atoms with Gasteiger partial charge in [-0.15, -0.1) is 0 Å². The molecule has 9 heteroatoms. The highest BCUT2D eigenvalue weighted by Gasteiger charge is 2.28. The van der Waals surface area contributed by atoms with Gasteiger partial charge in [-0.2, -0.15) is 22.4 Å². The van der Waals surface area contributed by atoms with Gasteiger partial charge in [-0.3, -0.25) is 0 Å². The molecule has 108 valence electrons. The molecule has 2 N–H and O–H groups in total. The third-order valence-electron chi connectivity index (χ3n) is 3.06. The quantitative estimate of drug-likeness (QED) is 0.751.